The van der Waals surface area contributed by atoms with Crippen molar-refractivity contribution in [2.24, 2.45) is 0 Å². The van der Waals surface area contributed by atoms with E-state index in [1.807, 2.05) is 30.3 Å². The Hall–Kier alpha value is -1.19. The molecule has 0 spiro atoms. The summed E-state index contributed by atoms with van der Waals surface area (Å²) in [7, 11) is 0. The van der Waals surface area contributed by atoms with Crippen molar-refractivity contribution in [1.29, 1.82) is 0 Å². The SMILES string of the molecule is CC(C(O)c1ccccc1)N1C2CCC1CC(=O)C2. The van der Waals surface area contributed by atoms with Gasteiger partial charge in [-0.15, -0.1) is 0 Å². The molecule has 2 bridgehead atoms. The van der Waals surface area contributed by atoms with E-state index in [0.717, 1.165) is 18.4 Å². The zero-order valence-corrected chi connectivity index (χ0v) is 11.3. The van der Waals surface area contributed by atoms with Crippen LogP contribution in [0.25, 0.3) is 0 Å². The van der Waals surface area contributed by atoms with Gasteiger partial charge in [0.25, 0.3) is 0 Å². The van der Waals surface area contributed by atoms with Gasteiger partial charge in [-0.25, -0.2) is 0 Å². The third-order valence-electron chi connectivity index (χ3n) is 4.67. The van der Waals surface area contributed by atoms with Crippen LogP contribution in [0.5, 0.6) is 0 Å². The summed E-state index contributed by atoms with van der Waals surface area (Å²) in [6.07, 6.45) is 3.06. The largest absolute Gasteiger partial charge is 0.387 e. The second-order valence-electron chi connectivity index (χ2n) is 5.88. The van der Waals surface area contributed by atoms with Crippen molar-refractivity contribution < 1.29 is 9.90 Å². The molecule has 0 saturated carbocycles. The third kappa shape index (κ3) is 2.33. The molecular formula is C16H21NO2. The Morgan fingerprint density at radius 2 is 1.74 bits per heavy atom. The predicted octanol–water partition coefficient (Wildman–Crippen LogP) is 2.30. The van der Waals surface area contributed by atoms with E-state index in [9.17, 15) is 9.90 Å². The van der Waals surface area contributed by atoms with E-state index in [-0.39, 0.29) is 6.04 Å². The number of fused-ring (bicyclic) bond motifs is 2. The fraction of sp³-hybridized carbons (Fsp3) is 0.562. The molecule has 2 aliphatic heterocycles. The minimum Gasteiger partial charge on any atom is -0.387 e. The van der Waals surface area contributed by atoms with Crippen molar-refractivity contribution in [3.63, 3.8) is 0 Å². The molecule has 0 radical (unpaired) electrons. The van der Waals surface area contributed by atoms with Gasteiger partial charge < -0.3 is 5.11 Å². The highest BCUT2D eigenvalue weighted by Gasteiger charge is 2.43. The van der Waals surface area contributed by atoms with Crippen molar-refractivity contribution >= 4 is 5.78 Å². The number of carbonyl (C=O) groups excluding carboxylic acids is 1. The number of piperidine rings is 1. The highest BCUT2D eigenvalue weighted by Crippen LogP contribution is 2.38. The topological polar surface area (TPSA) is 40.5 Å². The fourth-order valence-electron chi connectivity index (χ4n) is 3.76. The highest BCUT2D eigenvalue weighted by atomic mass is 16.3. The summed E-state index contributed by atoms with van der Waals surface area (Å²) >= 11 is 0. The minimum atomic E-state index is -0.475. The monoisotopic (exact) mass is 259 g/mol. The molecule has 1 N–H and O–H groups in total. The molecule has 4 atom stereocenters. The van der Waals surface area contributed by atoms with Crippen molar-refractivity contribution in [2.75, 3.05) is 0 Å². The fourth-order valence-corrected chi connectivity index (χ4v) is 3.76. The van der Waals surface area contributed by atoms with Crippen LogP contribution in [-0.2, 0) is 4.79 Å². The highest BCUT2D eigenvalue weighted by molar-refractivity contribution is 5.81. The molecule has 102 valence electrons. The Morgan fingerprint density at radius 1 is 1.16 bits per heavy atom. The first-order chi connectivity index (χ1) is 9.16. The van der Waals surface area contributed by atoms with Gasteiger partial charge in [-0.2, -0.15) is 0 Å². The number of benzene rings is 1. The van der Waals surface area contributed by atoms with Crippen LogP contribution in [0, 0.1) is 0 Å². The van der Waals surface area contributed by atoms with Crippen LogP contribution in [0.15, 0.2) is 30.3 Å². The van der Waals surface area contributed by atoms with E-state index >= 15 is 0 Å². The Balaban J connectivity index is 1.77. The summed E-state index contributed by atoms with van der Waals surface area (Å²) in [5, 5.41) is 10.5. The Labute approximate surface area is 114 Å². The van der Waals surface area contributed by atoms with Gasteiger partial charge in [-0.1, -0.05) is 30.3 Å². The first kappa shape index (κ1) is 12.8. The second kappa shape index (κ2) is 5.06. The molecule has 2 fully saturated rings. The number of hydrogen-bond donors (Lipinski definition) is 1. The van der Waals surface area contributed by atoms with Gasteiger partial charge in [0.1, 0.15) is 5.78 Å². The van der Waals surface area contributed by atoms with Crippen LogP contribution in [0.3, 0.4) is 0 Å². The van der Waals surface area contributed by atoms with E-state index in [1.54, 1.807) is 0 Å². The number of aliphatic hydroxyl groups excluding tert-OH is 1. The number of aliphatic hydroxyl groups is 1. The predicted molar refractivity (Wildman–Crippen MR) is 73.8 cm³/mol. The molecule has 0 amide bonds. The van der Waals surface area contributed by atoms with Gasteiger partial charge in [-0.3, -0.25) is 9.69 Å². The molecule has 2 saturated heterocycles. The van der Waals surface area contributed by atoms with Gasteiger partial charge in [-0.05, 0) is 25.3 Å². The van der Waals surface area contributed by atoms with Crippen molar-refractivity contribution in [2.45, 2.75) is 56.8 Å². The maximum absolute atomic E-state index is 11.6. The van der Waals surface area contributed by atoms with Crippen molar-refractivity contribution in [3.05, 3.63) is 35.9 Å². The van der Waals surface area contributed by atoms with Crippen molar-refractivity contribution in [1.82, 2.24) is 4.90 Å². The van der Waals surface area contributed by atoms with Crippen molar-refractivity contribution in [3.8, 4) is 0 Å². The lowest BCUT2D eigenvalue weighted by Crippen LogP contribution is -2.50. The molecule has 3 heteroatoms. The maximum atomic E-state index is 11.6. The van der Waals surface area contributed by atoms with Crippen LogP contribution in [0.2, 0.25) is 0 Å². The molecule has 19 heavy (non-hydrogen) atoms. The lowest BCUT2D eigenvalue weighted by Gasteiger charge is -2.40. The number of hydrogen-bond acceptors (Lipinski definition) is 3. The number of ketones is 1. The molecule has 1 aromatic carbocycles. The first-order valence-electron chi connectivity index (χ1n) is 7.19. The zero-order valence-electron chi connectivity index (χ0n) is 11.3. The molecule has 4 unspecified atom stereocenters. The lowest BCUT2D eigenvalue weighted by atomic mass is 9.95. The van der Waals surface area contributed by atoms with E-state index in [2.05, 4.69) is 11.8 Å². The smallest absolute Gasteiger partial charge is 0.136 e. The quantitative estimate of drug-likeness (QED) is 0.905. The van der Waals surface area contributed by atoms with Crippen LogP contribution in [0.1, 0.15) is 44.3 Å². The standard InChI is InChI=1S/C16H21NO2/c1-11(16(19)12-5-3-2-4-6-12)17-13-7-8-14(17)10-15(18)9-13/h2-6,11,13-14,16,19H,7-10H2,1H3. The Kier molecular flexibility index (Phi) is 3.42. The average molecular weight is 259 g/mol. The minimum absolute atomic E-state index is 0.0769. The second-order valence-corrected chi connectivity index (χ2v) is 5.88. The van der Waals surface area contributed by atoms with Crippen LogP contribution in [0.4, 0.5) is 0 Å². The number of rotatable bonds is 3. The summed E-state index contributed by atoms with van der Waals surface area (Å²) in [5.74, 6) is 0.394. The van der Waals surface area contributed by atoms with E-state index in [0.29, 0.717) is 30.7 Å². The normalized spacial score (nSPS) is 30.3. The van der Waals surface area contributed by atoms with Gasteiger partial charge in [0.15, 0.2) is 0 Å². The van der Waals surface area contributed by atoms with Gasteiger partial charge in [0.2, 0.25) is 0 Å². The number of nitrogens with zero attached hydrogens (tertiary/aromatic N) is 1. The Bertz CT molecular complexity index is 443. The van der Waals surface area contributed by atoms with E-state index in [4.69, 9.17) is 0 Å². The molecule has 0 aliphatic carbocycles. The molecule has 0 aromatic heterocycles. The van der Waals surface area contributed by atoms with Crippen LogP contribution < -0.4 is 0 Å². The Morgan fingerprint density at radius 3 is 2.32 bits per heavy atom. The van der Waals surface area contributed by atoms with E-state index in [1.165, 1.54) is 0 Å². The first-order valence-corrected chi connectivity index (χ1v) is 7.19. The van der Waals surface area contributed by atoms with Gasteiger partial charge in [0.05, 0.1) is 6.10 Å². The molecule has 2 heterocycles. The molecule has 1 aromatic rings. The van der Waals surface area contributed by atoms with Crippen LogP contribution >= 0.6 is 0 Å². The molecule has 3 rings (SSSR count). The average Bonchev–Trinajstić information content (AvgIpc) is 2.70. The molecular weight excluding hydrogens is 238 g/mol. The molecule has 3 nitrogen and oxygen atoms in total. The van der Waals surface area contributed by atoms with Gasteiger partial charge >= 0.3 is 0 Å². The maximum Gasteiger partial charge on any atom is 0.136 e. The summed E-state index contributed by atoms with van der Waals surface area (Å²) < 4.78 is 0. The lowest BCUT2D eigenvalue weighted by molar-refractivity contribution is -0.125. The summed E-state index contributed by atoms with van der Waals surface area (Å²) in [5.41, 5.74) is 0.964. The summed E-state index contributed by atoms with van der Waals surface area (Å²) in [6.45, 7) is 2.08. The van der Waals surface area contributed by atoms with Crippen LogP contribution in [-0.4, -0.2) is 33.9 Å². The summed E-state index contributed by atoms with van der Waals surface area (Å²) in [6, 6.07) is 10.6. The van der Waals surface area contributed by atoms with E-state index < -0.39 is 6.10 Å². The number of carbonyl (C=O) groups is 1. The zero-order chi connectivity index (χ0) is 13.4. The molecule has 2 aliphatic rings. The van der Waals surface area contributed by atoms with Gasteiger partial charge in [0, 0.05) is 31.0 Å². The third-order valence-corrected chi connectivity index (χ3v) is 4.67. The summed E-state index contributed by atoms with van der Waals surface area (Å²) in [4.78, 5) is 14.0. The number of Topliss-reactive ketones (excluding diaryl/α,β-unsaturated/α-hetero) is 1.